The topological polar surface area (TPSA) is 21.7 Å². The average molecular weight is 323 g/mol. The zero-order valence-corrected chi connectivity index (χ0v) is 14.4. The number of piperidine rings is 1. The molecule has 24 heavy (non-hydrogen) atoms. The largest absolute Gasteiger partial charge is 0.486 e. The first-order chi connectivity index (χ1) is 11.7. The number of rotatable bonds is 2. The molecule has 1 aromatic carbocycles. The highest BCUT2D eigenvalue weighted by Crippen LogP contribution is 2.70. The van der Waals surface area contributed by atoms with Gasteiger partial charge in [0.1, 0.15) is 11.9 Å². The van der Waals surface area contributed by atoms with Crippen molar-refractivity contribution in [2.24, 2.45) is 5.92 Å². The molecule has 3 nitrogen and oxygen atoms in total. The molecule has 4 heterocycles. The number of aryl methyl sites for hydroxylation is 1. The van der Waals surface area contributed by atoms with Crippen LogP contribution in [0.5, 0.6) is 5.75 Å². The third kappa shape index (κ3) is 1.21. The van der Waals surface area contributed by atoms with Crippen LogP contribution in [0.4, 0.5) is 0 Å². The van der Waals surface area contributed by atoms with E-state index in [0.29, 0.717) is 12.1 Å². The van der Waals surface area contributed by atoms with Gasteiger partial charge in [0, 0.05) is 18.2 Å². The molecular weight excluding hydrogens is 298 g/mol. The van der Waals surface area contributed by atoms with Crippen LogP contribution in [0.15, 0.2) is 12.1 Å². The fraction of sp³-hybridized carbons (Fsp3) is 0.714. The smallest absolute Gasteiger partial charge is 0.137 e. The summed E-state index contributed by atoms with van der Waals surface area (Å²) >= 11 is 0. The first-order valence-electron chi connectivity index (χ1n) is 9.94. The summed E-state index contributed by atoms with van der Waals surface area (Å²) in [6.45, 7) is 4.76. The van der Waals surface area contributed by atoms with Crippen molar-refractivity contribution in [2.75, 3.05) is 13.1 Å². The molecule has 126 valence electrons. The number of benzene rings is 1. The van der Waals surface area contributed by atoms with Gasteiger partial charge in [-0.2, -0.15) is 0 Å². The van der Waals surface area contributed by atoms with Gasteiger partial charge in [-0.15, -0.1) is 0 Å². The van der Waals surface area contributed by atoms with Crippen LogP contribution in [0.3, 0.4) is 0 Å². The summed E-state index contributed by atoms with van der Waals surface area (Å²) in [6, 6.07) is 5.26. The molecule has 3 unspecified atom stereocenters. The fourth-order valence-corrected chi connectivity index (χ4v) is 7.19. The van der Waals surface area contributed by atoms with E-state index in [4.69, 9.17) is 9.47 Å². The first kappa shape index (κ1) is 13.2. The molecule has 3 saturated heterocycles. The number of ether oxygens (including phenoxy) is 2. The van der Waals surface area contributed by atoms with Crippen LogP contribution >= 0.6 is 0 Å². The maximum absolute atomic E-state index is 6.84. The Morgan fingerprint density at radius 1 is 1.21 bits per heavy atom. The van der Waals surface area contributed by atoms with E-state index >= 15 is 0 Å². The summed E-state index contributed by atoms with van der Waals surface area (Å²) in [5, 5.41) is 0. The molecule has 2 aliphatic carbocycles. The number of likely N-dealkylation sites (tertiary alicyclic amines) is 1. The lowest BCUT2D eigenvalue weighted by Gasteiger charge is -2.59. The molecule has 4 aliphatic heterocycles. The van der Waals surface area contributed by atoms with Crippen molar-refractivity contribution < 1.29 is 9.47 Å². The Morgan fingerprint density at radius 2 is 2.12 bits per heavy atom. The van der Waals surface area contributed by atoms with Crippen molar-refractivity contribution in [2.45, 2.75) is 74.7 Å². The van der Waals surface area contributed by atoms with Crippen LogP contribution < -0.4 is 4.74 Å². The molecule has 1 aromatic rings. The van der Waals surface area contributed by atoms with E-state index in [0.717, 1.165) is 5.92 Å². The Balaban J connectivity index is 1.48. The highest BCUT2D eigenvalue weighted by atomic mass is 16.6. The van der Waals surface area contributed by atoms with E-state index in [1.165, 1.54) is 62.9 Å². The molecule has 6 aliphatic rings. The van der Waals surface area contributed by atoms with Crippen LogP contribution in [0, 0.1) is 12.8 Å². The second-order valence-corrected chi connectivity index (χ2v) is 9.25. The van der Waals surface area contributed by atoms with E-state index in [2.05, 4.69) is 24.0 Å². The lowest BCUT2D eigenvalue weighted by molar-refractivity contribution is -0.122. The standard InChI is InChI=1S/C21H25NO2/c1-12-2-5-14-10-16-21-7-6-15(24-21)19-20(21,17(14)18(12)23-19)8-9-22(16)11-13-3-4-13/h2,5,13,15-16,19H,3-4,6-11H2,1H3/t15?,16-,19?,20?,21-/m0/s1. The predicted octanol–water partition coefficient (Wildman–Crippen LogP) is 2.97. The van der Waals surface area contributed by atoms with Crippen LogP contribution in [-0.4, -0.2) is 41.8 Å². The van der Waals surface area contributed by atoms with E-state index in [1.807, 2.05) is 0 Å². The van der Waals surface area contributed by atoms with Gasteiger partial charge in [0.25, 0.3) is 0 Å². The van der Waals surface area contributed by atoms with Gasteiger partial charge >= 0.3 is 0 Å². The van der Waals surface area contributed by atoms with Crippen LogP contribution in [-0.2, 0) is 16.6 Å². The lowest BCUT2D eigenvalue weighted by Crippen LogP contribution is -2.71. The van der Waals surface area contributed by atoms with Crippen molar-refractivity contribution in [3.05, 3.63) is 28.8 Å². The second kappa shape index (κ2) is 3.86. The molecule has 4 bridgehead atoms. The molecule has 1 saturated carbocycles. The number of fused-ring (bicyclic) bond motifs is 2. The van der Waals surface area contributed by atoms with Gasteiger partial charge in [-0.05, 0) is 69.0 Å². The van der Waals surface area contributed by atoms with Gasteiger partial charge in [-0.25, -0.2) is 0 Å². The van der Waals surface area contributed by atoms with Gasteiger partial charge in [-0.3, -0.25) is 4.90 Å². The first-order valence-corrected chi connectivity index (χ1v) is 9.94. The molecule has 2 spiro atoms. The molecule has 0 amide bonds. The van der Waals surface area contributed by atoms with Gasteiger partial charge < -0.3 is 9.47 Å². The van der Waals surface area contributed by atoms with Crippen LogP contribution in [0.2, 0.25) is 0 Å². The zero-order chi connectivity index (χ0) is 15.7. The molecule has 0 aromatic heterocycles. The van der Waals surface area contributed by atoms with Crippen molar-refractivity contribution in [3.63, 3.8) is 0 Å². The summed E-state index contributed by atoms with van der Waals surface area (Å²) < 4.78 is 13.5. The van der Waals surface area contributed by atoms with Gasteiger partial charge in [0.2, 0.25) is 0 Å². The Hall–Kier alpha value is -1.06. The van der Waals surface area contributed by atoms with Crippen molar-refractivity contribution in [3.8, 4) is 5.75 Å². The predicted molar refractivity (Wildman–Crippen MR) is 90.5 cm³/mol. The molecular formula is C21H25NO2. The molecule has 4 fully saturated rings. The molecule has 7 rings (SSSR count). The molecule has 5 atom stereocenters. The highest BCUT2D eigenvalue weighted by molar-refractivity contribution is 5.61. The Labute approximate surface area is 143 Å². The van der Waals surface area contributed by atoms with Crippen LogP contribution in [0.25, 0.3) is 0 Å². The minimum absolute atomic E-state index is 0.0432. The van der Waals surface area contributed by atoms with Crippen molar-refractivity contribution >= 4 is 0 Å². The molecule has 3 heteroatoms. The minimum Gasteiger partial charge on any atom is -0.486 e. The average Bonchev–Trinajstić information content (AvgIpc) is 3.06. The Kier molecular flexibility index (Phi) is 2.12. The van der Waals surface area contributed by atoms with Gasteiger partial charge in [0.15, 0.2) is 0 Å². The summed E-state index contributed by atoms with van der Waals surface area (Å²) in [6.07, 6.45) is 8.34. The van der Waals surface area contributed by atoms with Gasteiger partial charge in [0.05, 0.1) is 17.1 Å². The normalized spacial score (nSPS) is 47.0. The summed E-state index contributed by atoms with van der Waals surface area (Å²) in [5.74, 6) is 2.19. The van der Waals surface area contributed by atoms with E-state index in [9.17, 15) is 0 Å². The zero-order valence-electron chi connectivity index (χ0n) is 14.4. The molecule has 0 N–H and O–H groups in total. The quantitative estimate of drug-likeness (QED) is 0.835. The summed E-state index contributed by atoms with van der Waals surface area (Å²) in [5.41, 5.74) is 4.66. The maximum atomic E-state index is 6.84. The van der Waals surface area contributed by atoms with E-state index < -0.39 is 0 Å². The SMILES string of the molecule is Cc1ccc2c3c1OC1C4CC[C@]5(O4)[C@H](C2)N(CC2CC2)CCC315. The summed E-state index contributed by atoms with van der Waals surface area (Å²) in [4.78, 5) is 2.81. The van der Waals surface area contributed by atoms with E-state index in [-0.39, 0.29) is 17.1 Å². The fourth-order valence-electron chi connectivity index (χ4n) is 7.19. The van der Waals surface area contributed by atoms with Crippen molar-refractivity contribution in [1.29, 1.82) is 0 Å². The number of hydrogen-bond acceptors (Lipinski definition) is 3. The second-order valence-electron chi connectivity index (χ2n) is 9.25. The third-order valence-electron chi connectivity index (χ3n) is 8.25. The highest BCUT2D eigenvalue weighted by Gasteiger charge is 2.79. The Morgan fingerprint density at radius 3 is 3.00 bits per heavy atom. The third-order valence-corrected chi connectivity index (χ3v) is 8.25. The van der Waals surface area contributed by atoms with Crippen molar-refractivity contribution in [1.82, 2.24) is 4.90 Å². The maximum Gasteiger partial charge on any atom is 0.137 e. The number of hydrogen-bond donors (Lipinski definition) is 0. The Bertz CT molecular complexity index is 771. The van der Waals surface area contributed by atoms with E-state index in [1.54, 1.807) is 11.1 Å². The number of nitrogens with zero attached hydrogens (tertiary/aromatic N) is 1. The lowest BCUT2D eigenvalue weighted by atomic mass is 9.51. The van der Waals surface area contributed by atoms with Gasteiger partial charge in [-0.1, -0.05) is 12.1 Å². The van der Waals surface area contributed by atoms with Crippen LogP contribution in [0.1, 0.15) is 48.8 Å². The minimum atomic E-state index is 0.0432. The molecule has 0 radical (unpaired) electrons. The summed E-state index contributed by atoms with van der Waals surface area (Å²) in [7, 11) is 0. The monoisotopic (exact) mass is 323 g/mol.